The van der Waals surface area contributed by atoms with Crippen LogP contribution in [0.4, 0.5) is 17.6 Å². The van der Waals surface area contributed by atoms with Gasteiger partial charge in [0.1, 0.15) is 5.56 Å². The molecule has 0 spiro atoms. The van der Waals surface area contributed by atoms with Crippen molar-refractivity contribution in [3.05, 3.63) is 34.9 Å². The summed E-state index contributed by atoms with van der Waals surface area (Å²) >= 11 is 0. The highest BCUT2D eigenvalue weighted by atomic mass is 19.2. The van der Waals surface area contributed by atoms with Gasteiger partial charge in [-0.1, -0.05) is 6.92 Å². The smallest absolute Gasteiger partial charge is 0.257 e. The summed E-state index contributed by atoms with van der Waals surface area (Å²) in [5, 5.41) is 11.0. The van der Waals surface area contributed by atoms with Crippen LogP contribution in [-0.4, -0.2) is 23.7 Å². The van der Waals surface area contributed by atoms with Crippen LogP contribution in [-0.2, 0) is 0 Å². The SMILES string of the molecule is CC(CO)C(C)NC(=O)c1c(F)c(F)cc(F)c1F. The molecule has 0 aliphatic heterocycles. The Balaban J connectivity index is 3.07. The lowest BCUT2D eigenvalue weighted by molar-refractivity contribution is 0.0905. The lowest BCUT2D eigenvalue weighted by Gasteiger charge is -2.19. The molecule has 0 aliphatic rings. The third-order valence-corrected chi connectivity index (χ3v) is 2.84. The zero-order chi connectivity index (χ0) is 14.7. The molecule has 0 saturated carbocycles. The van der Waals surface area contributed by atoms with E-state index in [1.807, 2.05) is 0 Å². The summed E-state index contributed by atoms with van der Waals surface area (Å²) in [6.45, 7) is 2.82. The molecular formula is C12H13F4NO2. The van der Waals surface area contributed by atoms with E-state index in [0.717, 1.165) is 0 Å². The van der Waals surface area contributed by atoms with Crippen molar-refractivity contribution in [1.82, 2.24) is 5.32 Å². The summed E-state index contributed by atoms with van der Waals surface area (Å²) in [4.78, 5) is 11.6. The fourth-order valence-electron chi connectivity index (χ4n) is 1.35. The lowest BCUT2D eigenvalue weighted by Crippen LogP contribution is -2.39. The van der Waals surface area contributed by atoms with Crippen molar-refractivity contribution in [1.29, 1.82) is 0 Å². The zero-order valence-corrected chi connectivity index (χ0v) is 10.3. The molecule has 2 N–H and O–H groups in total. The van der Waals surface area contributed by atoms with Crippen LogP contribution in [0.2, 0.25) is 0 Å². The Bertz CT molecular complexity index is 467. The monoisotopic (exact) mass is 279 g/mol. The fourth-order valence-corrected chi connectivity index (χ4v) is 1.35. The number of rotatable bonds is 4. The van der Waals surface area contributed by atoms with E-state index in [9.17, 15) is 22.4 Å². The molecule has 106 valence electrons. The summed E-state index contributed by atoms with van der Waals surface area (Å²) in [5.74, 6) is -8.45. The molecule has 0 fully saturated rings. The number of nitrogens with one attached hydrogen (secondary N) is 1. The maximum absolute atomic E-state index is 13.3. The van der Waals surface area contributed by atoms with E-state index in [1.54, 1.807) is 6.92 Å². The van der Waals surface area contributed by atoms with Crippen molar-refractivity contribution in [2.75, 3.05) is 6.61 Å². The highest BCUT2D eigenvalue weighted by Crippen LogP contribution is 2.19. The molecule has 1 aromatic carbocycles. The number of aliphatic hydroxyl groups is 1. The molecule has 2 atom stereocenters. The predicted molar refractivity (Wildman–Crippen MR) is 59.5 cm³/mol. The standard InChI is InChI=1S/C12H13F4NO2/c1-5(4-18)6(2)17-12(19)9-10(15)7(13)3-8(14)11(9)16/h3,5-6,18H,4H2,1-2H3,(H,17,19). The lowest BCUT2D eigenvalue weighted by atomic mass is 10.0. The number of aliphatic hydroxyl groups excluding tert-OH is 1. The number of carbonyl (C=O) groups excluding carboxylic acids is 1. The third-order valence-electron chi connectivity index (χ3n) is 2.84. The number of amides is 1. The predicted octanol–water partition coefficient (Wildman–Crippen LogP) is 1.99. The van der Waals surface area contributed by atoms with Crippen LogP contribution in [0.3, 0.4) is 0 Å². The van der Waals surface area contributed by atoms with Crippen molar-refractivity contribution in [3.8, 4) is 0 Å². The van der Waals surface area contributed by atoms with Crippen molar-refractivity contribution < 1.29 is 27.5 Å². The van der Waals surface area contributed by atoms with Gasteiger partial charge in [-0.3, -0.25) is 4.79 Å². The second-order valence-corrected chi connectivity index (χ2v) is 4.27. The minimum Gasteiger partial charge on any atom is -0.396 e. The van der Waals surface area contributed by atoms with Crippen LogP contribution in [0.15, 0.2) is 6.07 Å². The van der Waals surface area contributed by atoms with E-state index < -0.39 is 40.8 Å². The van der Waals surface area contributed by atoms with E-state index in [-0.39, 0.29) is 18.6 Å². The summed E-state index contributed by atoms with van der Waals surface area (Å²) in [6.07, 6.45) is 0. The molecule has 7 heteroatoms. The molecule has 19 heavy (non-hydrogen) atoms. The molecule has 0 radical (unpaired) electrons. The molecule has 3 nitrogen and oxygen atoms in total. The normalized spacial score (nSPS) is 14.1. The molecule has 1 rings (SSSR count). The van der Waals surface area contributed by atoms with Crippen LogP contribution >= 0.6 is 0 Å². The largest absolute Gasteiger partial charge is 0.396 e. The molecule has 1 aromatic rings. The van der Waals surface area contributed by atoms with Gasteiger partial charge < -0.3 is 10.4 Å². The van der Waals surface area contributed by atoms with Crippen LogP contribution in [0.25, 0.3) is 0 Å². The first kappa shape index (κ1) is 15.4. The minimum atomic E-state index is -1.75. The van der Waals surface area contributed by atoms with Gasteiger partial charge >= 0.3 is 0 Å². The van der Waals surface area contributed by atoms with Crippen LogP contribution < -0.4 is 5.32 Å². The van der Waals surface area contributed by atoms with Gasteiger partial charge in [-0.15, -0.1) is 0 Å². The molecule has 0 bridgehead atoms. The van der Waals surface area contributed by atoms with Crippen LogP contribution in [0, 0.1) is 29.2 Å². The van der Waals surface area contributed by atoms with Crippen LogP contribution in [0.1, 0.15) is 24.2 Å². The average molecular weight is 279 g/mol. The van der Waals surface area contributed by atoms with Gasteiger partial charge in [-0.2, -0.15) is 0 Å². The first-order valence-corrected chi connectivity index (χ1v) is 5.54. The summed E-state index contributed by atoms with van der Waals surface area (Å²) < 4.78 is 52.6. The second kappa shape index (κ2) is 6.01. The van der Waals surface area contributed by atoms with Gasteiger partial charge in [0.15, 0.2) is 23.3 Å². The molecule has 0 heterocycles. The highest BCUT2D eigenvalue weighted by molar-refractivity contribution is 5.95. The van der Waals surface area contributed by atoms with E-state index in [0.29, 0.717) is 0 Å². The van der Waals surface area contributed by atoms with Gasteiger partial charge in [0, 0.05) is 18.7 Å². The van der Waals surface area contributed by atoms with Crippen molar-refractivity contribution in [2.45, 2.75) is 19.9 Å². The quantitative estimate of drug-likeness (QED) is 0.654. The van der Waals surface area contributed by atoms with Crippen LogP contribution in [0.5, 0.6) is 0 Å². The molecule has 0 saturated heterocycles. The molecule has 2 unspecified atom stereocenters. The first-order chi connectivity index (χ1) is 8.79. The van der Waals surface area contributed by atoms with Gasteiger partial charge in [0.2, 0.25) is 0 Å². The van der Waals surface area contributed by atoms with Gasteiger partial charge in [0.25, 0.3) is 5.91 Å². The number of halogens is 4. The van der Waals surface area contributed by atoms with Crippen molar-refractivity contribution in [3.63, 3.8) is 0 Å². The Morgan fingerprint density at radius 1 is 1.21 bits per heavy atom. The number of benzene rings is 1. The Labute approximate surface area is 107 Å². The number of hydrogen-bond donors (Lipinski definition) is 2. The molecular weight excluding hydrogens is 266 g/mol. The Hall–Kier alpha value is -1.63. The fraction of sp³-hybridized carbons (Fsp3) is 0.417. The van der Waals surface area contributed by atoms with E-state index in [1.165, 1.54) is 6.92 Å². The number of hydrogen-bond acceptors (Lipinski definition) is 2. The van der Waals surface area contributed by atoms with Gasteiger partial charge in [-0.05, 0) is 12.8 Å². The number of carbonyl (C=O) groups is 1. The Morgan fingerprint density at radius 2 is 1.68 bits per heavy atom. The van der Waals surface area contributed by atoms with Gasteiger partial charge in [0.05, 0.1) is 0 Å². The summed E-state index contributed by atoms with van der Waals surface area (Å²) in [6, 6.07) is -0.594. The Morgan fingerprint density at radius 3 is 2.11 bits per heavy atom. The summed E-state index contributed by atoms with van der Waals surface area (Å²) in [5.41, 5.74) is -1.31. The average Bonchev–Trinajstić information content (AvgIpc) is 2.35. The van der Waals surface area contributed by atoms with E-state index in [2.05, 4.69) is 5.32 Å². The van der Waals surface area contributed by atoms with Gasteiger partial charge in [-0.25, -0.2) is 17.6 Å². The Kier molecular flexibility index (Phi) is 4.88. The third kappa shape index (κ3) is 3.23. The first-order valence-electron chi connectivity index (χ1n) is 5.54. The molecule has 1 amide bonds. The molecule has 0 aliphatic carbocycles. The van der Waals surface area contributed by atoms with Crippen molar-refractivity contribution >= 4 is 5.91 Å². The minimum absolute atomic E-state index is 0.0290. The maximum Gasteiger partial charge on any atom is 0.257 e. The topological polar surface area (TPSA) is 49.3 Å². The maximum atomic E-state index is 13.3. The van der Waals surface area contributed by atoms with E-state index in [4.69, 9.17) is 5.11 Å². The van der Waals surface area contributed by atoms with E-state index >= 15 is 0 Å². The summed E-state index contributed by atoms with van der Waals surface area (Å²) in [7, 11) is 0. The highest BCUT2D eigenvalue weighted by Gasteiger charge is 2.26. The second-order valence-electron chi connectivity index (χ2n) is 4.27. The molecule has 0 aromatic heterocycles. The zero-order valence-electron chi connectivity index (χ0n) is 10.3. The van der Waals surface area contributed by atoms with Crippen molar-refractivity contribution in [2.24, 2.45) is 5.92 Å².